The standard InChI is InChI=1S/C16H18FN3O4S/c1-10-5-14(20-24-10)19-16(23)9-25-8-15(22)18-7-13(21)11-3-2-4-12(17)6-11/h2-6,13,21H,7-9H2,1H3,(H,18,22)(H,19,20,23). The molecule has 0 fully saturated rings. The molecule has 9 heteroatoms. The van der Waals surface area contributed by atoms with Crippen molar-refractivity contribution < 1.29 is 23.6 Å². The zero-order chi connectivity index (χ0) is 18.2. The molecule has 1 unspecified atom stereocenters. The molecular formula is C16H18FN3O4S. The molecule has 0 bridgehead atoms. The van der Waals surface area contributed by atoms with Crippen LogP contribution >= 0.6 is 11.8 Å². The average Bonchev–Trinajstić information content (AvgIpc) is 2.97. The summed E-state index contributed by atoms with van der Waals surface area (Å²) < 4.78 is 17.9. The molecule has 2 amide bonds. The highest BCUT2D eigenvalue weighted by atomic mass is 32.2. The summed E-state index contributed by atoms with van der Waals surface area (Å²) in [6.45, 7) is 1.67. The highest BCUT2D eigenvalue weighted by Crippen LogP contribution is 2.13. The summed E-state index contributed by atoms with van der Waals surface area (Å²) in [5, 5.41) is 18.6. The van der Waals surface area contributed by atoms with Crippen LogP contribution < -0.4 is 10.6 Å². The number of thioether (sulfide) groups is 1. The first-order valence-corrected chi connectivity index (χ1v) is 8.60. The second kappa shape index (κ2) is 9.19. The van der Waals surface area contributed by atoms with Gasteiger partial charge in [-0.25, -0.2) is 4.39 Å². The summed E-state index contributed by atoms with van der Waals surface area (Å²) in [5.41, 5.74) is 0.384. The smallest absolute Gasteiger partial charge is 0.235 e. The van der Waals surface area contributed by atoms with Gasteiger partial charge in [0.05, 0.1) is 17.6 Å². The van der Waals surface area contributed by atoms with Gasteiger partial charge in [-0.05, 0) is 24.6 Å². The monoisotopic (exact) mass is 367 g/mol. The number of aliphatic hydroxyl groups is 1. The molecule has 2 aromatic rings. The predicted molar refractivity (Wildman–Crippen MR) is 91.6 cm³/mol. The van der Waals surface area contributed by atoms with Crippen LogP contribution in [0, 0.1) is 12.7 Å². The van der Waals surface area contributed by atoms with Crippen molar-refractivity contribution in [1.82, 2.24) is 10.5 Å². The lowest BCUT2D eigenvalue weighted by Gasteiger charge is -2.12. The molecule has 0 spiro atoms. The lowest BCUT2D eigenvalue weighted by Crippen LogP contribution is -2.30. The highest BCUT2D eigenvalue weighted by molar-refractivity contribution is 8.00. The van der Waals surface area contributed by atoms with Gasteiger partial charge < -0.3 is 20.3 Å². The number of halogens is 1. The maximum absolute atomic E-state index is 13.1. The molecule has 1 aromatic carbocycles. The molecule has 0 aliphatic carbocycles. The van der Waals surface area contributed by atoms with E-state index in [4.69, 9.17) is 4.52 Å². The van der Waals surface area contributed by atoms with Gasteiger partial charge in [-0.1, -0.05) is 17.3 Å². The largest absolute Gasteiger partial charge is 0.387 e. The second-order valence-corrected chi connectivity index (χ2v) is 6.22. The van der Waals surface area contributed by atoms with Crippen LogP contribution in [0.1, 0.15) is 17.4 Å². The van der Waals surface area contributed by atoms with Crippen molar-refractivity contribution in [1.29, 1.82) is 0 Å². The first-order valence-electron chi connectivity index (χ1n) is 7.45. The van der Waals surface area contributed by atoms with Crippen LogP contribution in [0.2, 0.25) is 0 Å². The van der Waals surface area contributed by atoms with Crippen molar-refractivity contribution in [2.45, 2.75) is 13.0 Å². The van der Waals surface area contributed by atoms with Crippen molar-refractivity contribution in [2.75, 3.05) is 23.4 Å². The second-order valence-electron chi connectivity index (χ2n) is 5.24. The molecule has 0 saturated carbocycles. The van der Waals surface area contributed by atoms with Gasteiger partial charge in [-0.2, -0.15) is 0 Å². The minimum absolute atomic E-state index is 0.0345. The average molecular weight is 367 g/mol. The fourth-order valence-electron chi connectivity index (χ4n) is 1.93. The first kappa shape index (κ1) is 18.9. The number of rotatable bonds is 8. The molecule has 1 atom stereocenters. The van der Waals surface area contributed by atoms with E-state index in [0.29, 0.717) is 17.1 Å². The van der Waals surface area contributed by atoms with Gasteiger partial charge in [0.1, 0.15) is 11.6 Å². The van der Waals surface area contributed by atoms with E-state index in [1.807, 2.05) is 0 Å². The van der Waals surface area contributed by atoms with E-state index in [-0.39, 0.29) is 29.9 Å². The SMILES string of the molecule is Cc1cc(NC(=O)CSCC(=O)NCC(O)c2cccc(F)c2)no1. The molecular weight excluding hydrogens is 349 g/mol. The molecule has 0 radical (unpaired) electrons. The number of anilines is 1. The molecule has 134 valence electrons. The summed E-state index contributed by atoms with van der Waals surface area (Å²) in [5.74, 6) is -0.0412. The quantitative estimate of drug-likeness (QED) is 0.655. The predicted octanol–water partition coefficient (Wildman–Crippen LogP) is 1.64. The number of carbonyl (C=O) groups excluding carboxylic acids is 2. The van der Waals surface area contributed by atoms with E-state index in [1.165, 1.54) is 18.2 Å². The fourth-order valence-corrected chi connectivity index (χ4v) is 2.58. The Balaban J connectivity index is 1.64. The van der Waals surface area contributed by atoms with E-state index >= 15 is 0 Å². The number of hydrogen-bond donors (Lipinski definition) is 3. The maximum Gasteiger partial charge on any atom is 0.235 e. The number of aromatic nitrogens is 1. The van der Waals surface area contributed by atoms with Crippen molar-refractivity contribution in [3.8, 4) is 0 Å². The Labute approximate surface area is 148 Å². The Kier molecular flexibility index (Phi) is 6.96. The van der Waals surface area contributed by atoms with E-state index < -0.39 is 11.9 Å². The zero-order valence-corrected chi connectivity index (χ0v) is 14.3. The molecule has 7 nitrogen and oxygen atoms in total. The Hall–Kier alpha value is -2.39. The minimum atomic E-state index is -0.997. The van der Waals surface area contributed by atoms with Crippen molar-refractivity contribution in [2.24, 2.45) is 0 Å². The molecule has 2 rings (SSSR count). The van der Waals surface area contributed by atoms with E-state index in [0.717, 1.165) is 11.8 Å². The third-order valence-electron chi connectivity index (χ3n) is 3.09. The summed E-state index contributed by atoms with van der Waals surface area (Å²) in [6, 6.07) is 7.13. The van der Waals surface area contributed by atoms with Gasteiger partial charge in [0.25, 0.3) is 0 Å². The third kappa shape index (κ3) is 6.55. The van der Waals surface area contributed by atoms with Gasteiger partial charge in [-0.3, -0.25) is 9.59 Å². The van der Waals surface area contributed by atoms with Crippen LogP contribution in [0.15, 0.2) is 34.9 Å². The number of benzene rings is 1. The number of aliphatic hydroxyl groups excluding tert-OH is 1. The number of aryl methyl sites for hydroxylation is 1. The lowest BCUT2D eigenvalue weighted by atomic mass is 10.1. The summed E-state index contributed by atoms with van der Waals surface area (Å²) >= 11 is 1.12. The van der Waals surface area contributed by atoms with Crippen molar-refractivity contribution in [3.05, 3.63) is 47.5 Å². The van der Waals surface area contributed by atoms with Crippen LogP contribution in [0.5, 0.6) is 0 Å². The summed E-state index contributed by atoms with van der Waals surface area (Å²) in [4.78, 5) is 23.4. The van der Waals surface area contributed by atoms with Crippen LogP contribution in [-0.4, -0.2) is 40.1 Å². The van der Waals surface area contributed by atoms with Crippen molar-refractivity contribution >= 4 is 29.4 Å². The molecule has 0 aliphatic rings. The Morgan fingerprint density at radius 3 is 2.76 bits per heavy atom. The van der Waals surface area contributed by atoms with Crippen LogP contribution in [0.4, 0.5) is 10.2 Å². The zero-order valence-electron chi connectivity index (χ0n) is 13.5. The van der Waals surface area contributed by atoms with Crippen LogP contribution in [-0.2, 0) is 9.59 Å². The maximum atomic E-state index is 13.1. The molecule has 0 saturated heterocycles. The van der Waals surface area contributed by atoms with Crippen LogP contribution in [0.25, 0.3) is 0 Å². The Bertz CT molecular complexity index is 738. The Morgan fingerprint density at radius 1 is 1.32 bits per heavy atom. The van der Waals surface area contributed by atoms with Gasteiger partial charge in [0, 0.05) is 12.6 Å². The van der Waals surface area contributed by atoms with Gasteiger partial charge in [-0.15, -0.1) is 11.8 Å². The summed E-state index contributed by atoms with van der Waals surface area (Å²) in [6.07, 6.45) is -0.997. The van der Waals surface area contributed by atoms with Gasteiger partial charge in [0.2, 0.25) is 11.8 Å². The molecule has 25 heavy (non-hydrogen) atoms. The topological polar surface area (TPSA) is 104 Å². The van der Waals surface area contributed by atoms with E-state index in [1.54, 1.807) is 19.1 Å². The van der Waals surface area contributed by atoms with E-state index in [9.17, 15) is 19.1 Å². The first-order chi connectivity index (χ1) is 11.9. The number of hydrogen-bond acceptors (Lipinski definition) is 6. The molecule has 1 aromatic heterocycles. The summed E-state index contributed by atoms with van der Waals surface area (Å²) in [7, 11) is 0. The number of carbonyl (C=O) groups is 2. The molecule has 3 N–H and O–H groups in total. The molecule has 1 heterocycles. The van der Waals surface area contributed by atoms with Crippen LogP contribution in [0.3, 0.4) is 0 Å². The highest BCUT2D eigenvalue weighted by Gasteiger charge is 2.11. The van der Waals surface area contributed by atoms with Gasteiger partial charge >= 0.3 is 0 Å². The Morgan fingerprint density at radius 2 is 2.08 bits per heavy atom. The fraction of sp³-hybridized carbons (Fsp3) is 0.312. The number of nitrogens with one attached hydrogen (secondary N) is 2. The normalized spacial score (nSPS) is 11.8. The third-order valence-corrected chi connectivity index (χ3v) is 4.02. The lowest BCUT2D eigenvalue weighted by molar-refractivity contribution is -0.119. The van der Waals surface area contributed by atoms with Gasteiger partial charge in [0.15, 0.2) is 5.82 Å². The van der Waals surface area contributed by atoms with Crippen molar-refractivity contribution in [3.63, 3.8) is 0 Å². The van der Waals surface area contributed by atoms with E-state index in [2.05, 4.69) is 15.8 Å². The minimum Gasteiger partial charge on any atom is -0.387 e. The number of nitrogens with zero attached hydrogens (tertiary/aromatic N) is 1. The molecule has 0 aliphatic heterocycles. The number of amides is 2.